The third-order valence-corrected chi connectivity index (χ3v) is 5.35. The molecule has 1 aliphatic heterocycles. The van der Waals surface area contributed by atoms with Gasteiger partial charge in [-0.25, -0.2) is 4.79 Å². The third kappa shape index (κ3) is 4.07. The molecule has 1 aliphatic rings. The van der Waals surface area contributed by atoms with Crippen LogP contribution in [0.1, 0.15) is 15.9 Å². The topological polar surface area (TPSA) is 43.8 Å². The fourth-order valence-electron chi connectivity index (χ4n) is 3.78. The van der Waals surface area contributed by atoms with E-state index in [0.717, 1.165) is 38.4 Å². The first-order chi connectivity index (χ1) is 13.7. The lowest BCUT2D eigenvalue weighted by Crippen LogP contribution is -2.46. The Morgan fingerprint density at radius 2 is 1.43 bits per heavy atom. The summed E-state index contributed by atoms with van der Waals surface area (Å²) in [6, 6.07) is 26.4. The first-order valence-electron chi connectivity index (χ1n) is 9.65. The highest BCUT2D eigenvalue weighted by Gasteiger charge is 2.18. The van der Waals surface area contributed by atoms with Gasteiger partial charge in [-0.05, 0) is 41.0 Å². The summed E-state index contributed by atoms with van der Waals surface area (Å²) in [6.07, 6.45) is 0. The molecule has 0 aliphatic carbocycles. The Morgan fingerprint density at radius 3 is 2.11 bits per heavy atom. The van der Waals surface area contributed by atoms with Crippen molar-refractivity contribution in [1.29, 1.82) is 0 Å². The second-order valence-electron chi connectivity index (χ2n) is 7.14. The zero-order chi connectivity index (χ0) is 19.3. The van der Waals surface area contributed by atoms with Crippen LogP contribution in [0.2, 0.25) is 0 Å². The molecule has 4 heteroatoms. The molecular formula is C24H24N2O2. The van der Waals surface area contributed by atoms with Gasteiger partial charge < -0.3 is 10.0 Å². The van der Waals surface area contributed by atoms with E-state index in [4.69, 9.17) is 5.11 Å². The van der Waals surface area contributed by atoms with E-state index in [-0.39, 0.29) is 0 Å². The molecule has 1 N–H and O–H groups in total. The smallest absolute Gasteiger partial charge is 0.335 e. The third-order valence-electron chi connectivity index (χ3n) is 5.35. The molecule has 0 spiro atoms. The van der Waals surface area contributed by atoms with Crippen molar-refractivity contribution < 1.29 is 9.90 Å². The molecule has 0 saturated carbocycles. The maximum atomic E-state index is 11.0. The highest BCUT2D eigenvalue weighted by atomic mass is 16.4. The van der Waals surface area contributed by atoms with Gasteiger partial charge in [-0.3, -0.25) is 4.90 Å². The van der Waals surface area contributed by atoms with Crippen LogP contribution >= 0.6 is 0 Å². The zero-order valence-electron chi connectivity index (χ0n) is 15.8. The number of rotatable bonds is 5. The van der Waals surface area contributed by atoms with Crippen molar-refractivity contribution in [2.45, 2.75) is 6.54 Å². The molecule has 3 aromatic rings. The number of hydrogen-bond acceptors (Lipinski definition) is 3. The number of carboxylic acid groups (broad SMARTS) is 1. The molecule has 28 heavy (non-hydrogen) atoms. The van der Waals surface area contributed by atoms with Gasteiger partial charge in [-0.15, -0.1) is 0 Å². The van der Waals surface area contributed by atoms with Crippen LogP contribution in [-0.4, -0.2) is 42.2 Å². The Hall–Kier alpha value is -3.11. The lowest BCUT2D eigenvalue weighted by atomic mass is 9.99. The maximum Gasteiger partial charge on any atom is 0.335 e. The summed E-state index contributed by atoms with van der Waals surface area (Å²) in [5.74, 6) is -0.881. The van der Waals surface area contributed by atoms with E-state index in [9.17, 15) is 4.79 Å². The van der Waals surface area contributed by atoms with Crippen LogP contribution in [0.4, 0.5) is 5.69 Å². The molecular weight excluding hydrogens is 348 g/mol. The summed E-state index contributed by atoms with van der Waals surface area (Å²) in [4.78, 5) is 15.8. The number of benzene rings is 3. The van der Waals surface area contributed by atoms with Gasteiger partial charge in [0, 0.05) is 38.4 Å². The highest BCUT2D eigenvalue weighted by molar-refractivity contribution is 5.88. The predicted octanol–water partition coefficient (Wildman–Crippen LogP) is 4.37. The fraction of sp³-hybridized carbons (Fsp3) is 0.208. The SMILES string of the molecule is O=C(O)c1ccc(N2CCN(Cc3ccccc3-c3ccccc3)CC2)cc1. The molecule has 0 bridgehead atoms. The molecule has 142 valence electrons. The molecule has 1 saturated heterocycles. The van der Waals surface area contributed by atoms with Crippen LogP contribution in [0, 0.1) is 0 Å². The number of carbonyl (C=O) groups is 1. The zero-order valence-corrected chi connectivity index (χ0v) is 15.8. The van der Waals surface area contributed by atoms with Gasteiger partial charge in [0.1, 0.15) is 0 Å². The van der Waals surface area contributed by atoms with Crippen LogP contribution in [0.15, 0.2) is 78.9 Å². The molecule has 4 rings (SSSR count). The average Bonchev–Trinajstić information content (AvgIpc) is 2.75. The van der Waals surface area contributed by atoms with E-state index in [1.54, 1.807) is 12.1 Å². The Balaban J connectivity index is 1.41. The maximum absolute atomic E-state index is 11.0. The Kier molecular flexibility index (Phi) is 5.40. The molecule has 0 amide bonds. The van der Waals surface area contributed by atoms with Gasteiger partial charge in [0.05, 0.1) is 5.56 Å². The number of aromatic carboxylic acids is 1. The molecule has 1 fully saturated rings. The fourth-order valence-corrected chi connectivity index (χ4v) is 3.78. The van der Waals surface area contributed by atoms with E-state index < -0.39 is 5.97 Å². The predicted molar refractivity (Wildman–Crippen MR) is 113 cm³/mol. The largest absolute Gasteiger partial charge is 0.478 e. The van der Waals surface area contributed by atoms with Crippen LogP contribution in [0.25, 0.3) is 11.1 Å². The highest BCUT2D eigenvalue weighted by Crippen LogP contribution is 2.25. The van der Waals surface area contributed by atoms with Gasteiger partial charge >= 0.3 is 5.97 Å². The molecule has 0 radical (unpaired) electrons. The normalized spacial score (nSPS) is 14.8. The van der Waals surface area contributed by atoms with E-state index in [1.165, 1.54) is 16.7 Å². The van der Waals surface area contributed by atoms with E-state index >= 15 is 0 Å². The second kappa shape index (κ2) is 8.28. The molecule has 4 nitrogen and oxygen atoms in total. The van der Waals surface area contributed by atoms with Crippen LogP contribution in [0.5, 0.6) is 0 Å². The van der Waals surface area contributed by atoms with E-state index in [2.05, 4.69) is 58.3 Å². The number of carboxylic acids is 1. The molecule has 0 atom stereocenters. The van der Waals surface area contributed by atoms with E-state index in [0.29, 0.717) is 5.56 Å². The summed E-state index contributed by atoms with van der Waals surface area (Å²) in [5.41, 5.74) is 5.34. The van der Waals surface area contributed by atoms with Gasteiger partial charge in [-0.2, -0.15) is 0 Å². The first kappa shape index (κ1) is 18.3. The van der Waals surface area contributed by atoms with Crippen molar-refractivity contribution in [2.75, 3.05) is 31.1 Å². The van der Waals surface area contributed by atoms with Gasteiger partial charge in [0.15, 0.2) is 0 Å². The van der Waals surface area contributed by atoms with Crippen molar-refractivity contribution in [2.24, 2.45) is 0 Å². The summed E-state index contributed by atoms with van der Waals surface area (Å²) in [6.45, 7) is 4.81. The molecule has 1 heterocycles. The lowest BCUT2D eigenvalue weighted by molar-refractivity contribution is 0.0697. The Bertz CT molecular complexity index is 930. The van der Waals surface area contributed by atoms with Crippen molar-refractivity contribution in [3.05, 3.63) is 90.0 Å². The number of nitrogens with zero attached hydrogens (tertiary/aromatic N) is 2. The quantitative estimate of drug-likeness (QED) is 0.722. The van der Waals surface area contributed by atoms with Gasteiger partial charge in [-0.1, -0.05) is 54.6 Å². The van der Waals surface area contributed by atoms with Gasteiger partial charge in [0.2, 0.25) is 0 Å². The minimum absolute atomic E-state index is 0.333. The summed E-state index contributed by atoms with van der Waals surface area (Å²) in [7, 11) is 0. The number of anilines is 1. The van der Waals surface area contributed by atoms with Gasteiger partial charge in [0.25, 0.3) is 0 Å². The number of hydrogen-bond donors (Lipinski definition) is 1. The van der Waals surface area contributed by atoms with E-state index in [1.807, 2.05) is 18.2 Å². The molecule has 3 aromatic carbocycles. The number of piperazine rings is 1. The summed E-state index contributed by atoms with van der Waals surface area (Å²) >= 11 is 0. The van der Waals surface area contributed by atoms with Crippen LogP contribution < -0.4 is 4.90 Å². The summed E-state index contributed by atoms with van der Waals surface area (Å²) in [5, 5.41) is 9.05. The average molecular weight is 372 g/mol. The minimum atomic E-state index is -0.881. The molecule has 0 unspecified atom stereocenters. The van der Waals surface area contributed by atoms with Crippen LogP contribution in [0.3, 0.4) is 0 Å². The Labute approximate surface area is 165 Å². The molecule has 0 aromatic heterocycles. The first-order valence-corrected chi connectivity index (χ1v) is 9.65. The van der Waals surface area contributed by atoms with Crippen LogP contribution in [-0.2, 0) is 6.54 Å². The lowest BCUT2D eigenvalue weighted by Gasteiger charge is -2.36. The monoisotopic (exact) mass is 372 g/mol. The van der Waals surface area contributed by atoms with Crippen molar-refractivity contribution in [3.8, 4) is 11.1 Å². The summed E-state index contributed by atoms with van der Waals surface area (Å²) < 4.78 is 0. The Morgan fingerprint density at radius 1 is 0.786 bits per heavy atom. The van der Waals surface area contributed by atoms with Crippen molar-refractivity contribution >= 4 is 11.7 Å². The van der Waals surface area contributed by atoms with Crippen molar-refractivity contribution in [3.63, 3.8) is 0 Å². The second-order valence-corrected chi connectivity index (χ2v) is 7.14. The minimum Gasteiger partial charge on any atom is -0.478 e. The van der Waals surface area contributed by atoms with Crippen molar-refractivity contribution in [1.82, 2.24) is 4.90 Å². The standard InChI is InChI=1S/C24H24N2O2/c27-24(28)20-10-12-22(13-11-20)26-16-14-25(15-17-26)18-21-8-4-5-9-23(21)19-6-2-1-3-7-19/h1-13H,14-18H2,(H,27,28).